The van der Waals surface area contributed by atoms with Crippen LogP contribution in [0.4, 0.5) is 23.2 Å². The third-order valence-corrected chi connectivity index (χ3v) is 3.08. The Morgan fingerprint density at radius 2 is 1.92 bits per heavy atom. The lowest BCUT2D eigenvalue weighted by Gasteiger charge is -2.18. The van der Waals surface area contributed by atoms with Crippen molar-refractivity contribution in [3.8, 4) is 11.5 Å². The molecule has 0 heterocycles. The van der Waals surface area contributed by atoms with Crippen molar-refractivity contribution < 1.29 is 31.8 Å². The number of anilines is 1. The predicted octanol–water partition coefficient (Wildman–Crippen LogP) is 4.35. The quantitative estimate of drug-likeness (QED) is 0.576. The first-order valence-corrected chi connectivity index (χ1v) is 7.34. The Hall–Kier alpha value is -2.48. The van der Waals surface area contributed by atoms with Crippen LogP contribution in [0.3, 0.4) is 0 Å². The Morgan fingerprint density at radius 1 is 1.20 bits per heavy atom. The fourth-order valence-electron chi connectivity index (χ4n) is 1.74. The molecule has 2 aromatic rings. The van der Waals surface area contributed by atoms with Crippen LogP contribution in [0.5, 0.6) is 11.5 Å². The number of hydrogen-bond donors (Lipinski definition) is 1. The standard InChI is InChI=1S/C16H12ClF4NO3/c17-15(19)16(20,21)25-11-5-3-4-10(8-11)22-14(23)9-24-13-7-2-1-6-12(13)18/h1-8,15H,9H2,(H,22,23). The average molecular weight is 378 g/mol. The second kappa shape index (κ2) is 8.06. The van der Waals surface area contributed by atoms with Gasteiger partial charge in [0, 0.05) is 11.8 Å². The van der Waals surface area contributed by atoms with Crippen LogP contribution in [0.2, 0.25) is 0 Å². The zero-order chi connectivity index (χ0) is 18.4. The van der Waals surface area contributed by atoms with E-state index < -0.39 is 35.8 Å². The minimum atomic E-state index is -4.22. The van der Waals surface area contributed by atoms with E-state index in [-0.39, 0.29) is 11.4 Å². The zero-order valence-electron chi connectivity index (χ0n) is 12.5. The van der Waals surface area contributed by atoms with Crippen molar-refractivity contribution in [2.75, 3.05) is 11.9 Å². The third kappa shape index (κ3) is 5.53. The van der Waals surface area contributed by atoms with Crippen LogP contribution in [-0.2, 0) is 4.79 Å². The Kier molecular flexibility index (Phi) is 6.08. The summed E-state index contributed by atoms with van der Waals surface area (Å²) in [5.74, 6) is -1.80. The minimum absolute atomic E-state index is 0.0976. The molecule has 134 valence electrons. The van der Waals surface area contributed by atoms with Gasteiger partial charge in [0.25, 0.3) is 11.5 Å². The van der Waals surface area contributed by atoms with Crippen molar-refractivity contribution in [1.29, 1.82) is 0 Å². The summed E-state index contributed by atoms with van der Waals surface area (Å²) >= 11 is 4.70. The van der Waals surface area contributed by atoms with Crippen LogP contribution in [0.1, 0.15) is 0 Å². The monoisotopic (exact) mass is 377 g/mol. The van der Waals surface area contributed by atoms with E-state index in [1.807, 2.05) is 0 Å². The molecular formula is C16H12ClF4NO3. The Balaban J connectivity index is 1.95. The topological polar surface area (TPSA) is 47.6 Å². The zero-order valence-corrected chi connectivity index (χ0v) is 13.3. The number of nitrogens with one attached hydrogen (secondary N) is 1. The summed E-state index contributed by atoms with van der Waals surface area (Å²) in [5, 5.41) is 2.35. The summed E-state index contributed by atoms with van der Waals surface area (Å²) < 4.78 is 61.3. The van der Waals surface area contributed by atoms with Gasteiger partial charge >= 0.3 is 6.11 Å². The summed E-state index contributed by atoms with van der Waals surface area (Å²) in [4.78, 5) is 11.8. The highest BCUT2D eigenvalue weighted by Crippen LogP contribution is 2.29. The van der Waals surface area contributed by atoms with Gasteiger partial charge in [0.2, 0.25) is 0 Å². The summed E-state index contributed by atoms with van der Waals surface area (Å²) in [6.07, 6.45) is -4.22. The molecule has 4 nitrogen and oxygen atoms in total. The number of amides is 1. The molecule has 2 rings (SSSR count). The van der Waals surface area contributed by atoms with Gasteiger partial charge in [-0.1, -0.05) is 29.8 Å². The molecule has 0 radical (unpaired) electrons. The smallest absolute Gasteiger partial charge is 0.444 e. The van der Waals surface area contributed by atoms with E-state index in [4.69, 9.17) is 16.3 Å². The van der Waals surface area contributed by atoms with Gasteiger partial charge in [-0.2, -0.15) is 8.78 Å². The number of hydrogen-bond acceptors (Lipinski definition) is 3. The third-order valence-electron chi connectivity index (χ3n) is 2.82. The van der Waals surface area contributed by atoms with E-state index in [9.17, 15) is 22.4 Å². The van der Waals surface area contributed by atoms with Crippen LogP contribution in [0.25, 0.3) is 0 Å². The first-order valence-electron chi connectivity index (χ1n) is 6.90. The number of rotatable bonds is 7. The van der Waals surface area contributed by atoms with E-state index in [0.29, 0.717) is 0 Å². The lowest BCUT2D eigenvalue weighted by molar-refractivity contribution is -0.198. The Morgan fingerprint density at radius 3 is 2.60 bits per heavy atom. The van der Waals surface area contributed by atoms with Crippen LogP contribution < -0.4 is 14.8 Å². The largest absolute Gasteiger partial charge is 0.481 e. The molecule has 0 aliphatic carbocycles. The van der Waals surface area contributed by atoms with Crippen LogP contribution in [-0.4, -0.2) is 24.3 Å². The van der Waals surface area contributed by atoms with Crippen molar-refractivity contribution in [2.45, 2.75) is 11.7 Å². The maximum atomic E-state index is 13.4. The van der Waals surface area contributed by atoms with Crippen molar-refractivity contribution in [3.63, 3.8) is 0 Å². The van der Waals surface area contributed by atoms with Gasteiger partial charge in [-0.3, -0.25) is 4.79 Å². The van der Waals surface area contributed by atoms with Gasteiger partial charge in [-0.05, 0) is 24.3 Å². The first-order chi connectivity index (χ1) is 11.8. The Labute approximate surface area is 145 Å². The number of benzene rings is 2. The van der Waals surface area contributed by atoms with E-state index in [2.05, 4.69) is 10.1 Å². The number of alkyl halides is 4. The van der Waals surface area contributed by atoms with Crippen LogP contribution in [0.15, 0.2) is 48.5 Å². The number of ether oxygens (including phenoxy) is 2. The average Bonchev–Trinajstić information content (AvgIpc) is 2.54. The number of carbonyl (C=O) groups is 1. The SMILES string of the molecule is O=C(COc1ccccc1F)Nc1cccc(OC(F)(F)C(F)Cl)c1. The molecule has 0 aliphatic rings. The van der Waals surface area contributed by atoms with Gasteiger partial charge in [-0.15, -0.1) is 0 Å². The summed E-state index contributed by atoms with van der Waals surface area (Å²) in [6, 6.07) is 10.4. The molecule has 0 aliphatic heterocycles. The molecule has 1 amide bonds. The maximum absolute atomic E-state index is 13.4. The van der Waals surface area contributed by atoms with Gasteiger partial charge in [0.15, 0.2) is 18.2 Å². The Bertz CT molecular complexity index is 743. The molecule has 0 bridgehead atoms. The molecule has 1 unspecified atom stereocenters. The first kappa shape index (κ1) is 18.9. The molecule has 25 heavy (non-hydrogen) atoms. The van der Waals surface area contributed by atoms with Crippen molar-refractivity contribution in [3.05, 3.63) is 54.3 Å². The van der Waals surface area contributed by atoms with Crippen molar-refractivity contribution in [1.82, 2.24) is 0 Å². The van der Waals surface area contributed by atoms with Crippen LogP contribution >= 0.6 is 11.6 Å². The summed E-state index contributed by atoms with van der Waals surface area (Å²) in [5.41, 5.74) is -2.93. The molecule has 2 aromatic carbocycles. The van der Waals surface area contributed by atoms with E-state index in [0.717, 1.165) is 12.1 Å². The molecule has 0 saturated carbocycles. The molecule has 0 saturated heterocycles. The second-order valence-corrected chi connectivity index (χ2v) is 5.14. The fraction of sp³-hybridized carbons (Fsp3) is 0.188. The number of halogens is 5. The molecular weight excluding hydrogens is 366 g/mol. The van der Waals surface area contributed by atoms with Gasteiger partial charge in [0.05, 0.1) is 0 Å². The van der Waals surface area contributed by atoms with Crippen molar-refractivity contribution in [2.24, 2.45) is 0 Å². The van der Waals surface area contributed by atoms with E-state index in [1.54, 1.807) is 0 Å². The molecule has 9 heteroatoms. The minimum Gasteiger partial charge on any atom is -0.481 e. The van der Waals surface area contributed by atoms with E-state index in [1.165, 1.54) is 36.4 Å². The number of carbonyl (C=O) groups excluding carboxylic acids is 1. The normalized spacial score (nSPS) is 12.4. The molecule has 0 fully saturated rings. The maximum Gasteiger partial charge on any atom is 0.444 e. The fourth-order valence-corrected chi connectivity index (χ4v) is 1.79. The lowest BCUT2D eigenvalue weighted by Crippen LogP contribution is -2.32. The highest BCUT2D eigenvalue weighted by atomic mass is 35.5. The highest BCUT2D eigenvalue weighted by Gasteiger charge is 2.42. The van der Waals surface area contributed by atoms with Crippen LogP contribution in [0, 0.1) is 5.82 Å². The predicted molar refractivity (Wildman–Crippen MR) is 83.3 cm³/mol. The van der Waals surface area contributed by atoms with Gasteiger partial charge < -0.3 is 14.8 Å². The summed E-state index contributed by atoms with van der Waals surface area (Å²) in [6.45, 7) is -0.504. The van der Waals surface area contributed by atoms with E-state index >= 15 is 0 Å². The lowest BCUT2D eigenvalue weighted by atomic mass is 10.3. The molecule has 0 aromatic heterocycles. The molecule has 0 spiro atoms. The number of para-hydroxylation sites is 1. The van der Waals surface area contributed by atoms with Gasteiger partial charge in [0.1, 0.15) is 5.75 Å². The molecule has 1 atom stereocenters. The molecule has 1 N–H and O–H groups in total. The van der Waals surface area contributed by atoms with Crippen molar-refractivity contribution >= 4 is 23.2 Å². The van der Waals surface area contributed by atoms with Gasteiger partial charge in [-0.25, -0.2) is 8.78 Å². The highest BCUT2D eigenvalue weighted by molar-refractivity contribution is 6.20. The second-order valence-electron chi connectivity index (χ2n) is 4.76. The summed E-state index contributed by atoms with van der Waals surface area (Å²) in [7, 11) is 0.